The van der Waals surface area contributed by atoms with E-state index in [0.29, 0.717) is 28.8 Å². The first-order valence-corrected chi connectivity index (χ1v) is 9.52. The Labute approximate surface area is 168 Å². The lowest BCUT2D eigenvalue weighted by atomic mass is 10.1. The van der Waals surface area contributed by atoms with E-state index < -0.39 is 11.9 Å². The molecule has 0 radical (unpaired) electrons. The highest BCUT2D eigenvalue weighted by Crippen LogP contribution is 2.20. The van der Waals surface area contributed by atoms with E-state index in [2.05, 4.69) is 5.32 Å². The molecule has 2 aromatic carbocycles. The Hall–Kier alpha value is -3.41. The molecule has 0 unspecified atom stereocenters. The minimum atomic E-state index is -0.540. The number of rotatable bonds is 6. The predicted molar refractivity (Wildman–Crippen MR) is 112 cm³/mol. The third-order valence-electron chi connectivity index (χ3n) is 4.49. The van der Waals surface area contributed by atoms with Gasteiger partial charge in [-0.15, -0.1) is 0 Å². The highest BCUT2D eigenvalue weighted by molar-refractivity contribution is 6.03. The number of nitrogens with one attached hydrogen (secondary N) is 1. The first-order valence-electron chi connectivity index (χ1n) is 9.52. The van der Waals surface area contributed by atoms with Gasteiger partial charge in [-0.1, -0.05) is 19.4 Å². The number of ether oxygens (including phenoxy) is 1. The van der Waals surface area contributed by atoms with Crippen molar-refractivity contribution in [1.29, 1.82) is 0 Å². The molecule has 0 aliphatic heterocycles. The Morgan fingerprint density at radius 2 is 1.79 bits per heavy atom. The highest BCUT2D eigenvalue weighted by atomic mass is 16.5. The Bertz CT molecular complexity index is 1110. The number of aryl methyl sites for hydroxylation is 2. The summed E-state index contributed by atoms with van der Waals surface area (Å²) >= 11 is 0. The predicted octanol–water partition coefficient (Wildman–Crippen LogP) is 4.62. The average molecular weight is 393 g/mol. The molecule has 6 nitrogen and oxygen atoms in total. The topological polar surface area (TPSA) is 85.6 Å². The van der Waals surface area contributed by atoms with Crippen LogP contribution in [0, 0.1) is 13.8 Å². The Balaban J connectivity index is 1.76. The summed E-state index contributed by atoms with van der Waals surface area (Å²) in [5, 5.41) is 3.12. The van der Waals surface area contributed by atoms with Crippen LogP contribution in [0.3, 0.4) is 0 Å². The average Bonchev–Trinajstić information content (AvgIpc) is 2.69. The van der Waals surface area contributed by atoms with Crippen molar-refractivity contribution in [2.24, 2.45) is 0 Å². The number of benzene rings is 2. The lowest BCUT2D eigenvalue weighted by molar-refractivity contribution is 0.0499. The van der Waals surface area contributed by atoms with Crippen molar-refractivity contribution in [3.63, 3.8) is 0 Å². The molecule has 0 fully saturated rings. The molecular weight excluding hydrogens is 370 g/mol. The molecule has 150 valence electrons. The van der Waals surface area contributed by atoms with Crippen LogP contribution >= 0.6 is 0 Å². The number of carbonyl (C=O) groups is 2. The van der Waals surface area contributed by atoms with Crippen molar-refractivity contribution in [1.82, 2.24) is 0 Å². The fraction of sp³-hybridized carbons (Fsp3) is 0.261. The molecular formula is C23H23NO5. The summed E-state index contributed by atoms with van der Waals surface area (Å²) in [5.41, 5.74) is 2.75. The van der Waals surface area contributed by atoms with Crippen molar-refractivity contribution in [3.8, 4) is 0 Å². The fourth-order valence-corrected chi connectivity index (χ4v) is 3.00. The van der Waals surface area contributed by atoms with Gasteiger partial charge in [-0.3, -0.25) is 9.59 Å². The number of esters is 1. The summed E-state index contributed by atoms with van der Waals surface area (Å²) in [6.07, 6.45) is 1.76. The summed E-state index contributed by atoms with van der Waals surface area (Å²) in [4.78, 5) is 36.9. The molecule has 1 aromatic heterocycles. The molecule has 3 aromatic rings. The molecule has 1 heterocycles. The van der Waals surface area contributed by atoms with Gasteiger partial charge in [0.2, 0.25) is 0 Å². The molecule has 0 atom stereocenters. The molecule has 1 amide bonds. The SMILES string of the molecule is CCCCOC(=O)c1ccc(NC(=O)c2cc(=O)c3cc(C)cc(C)c3o2)cc1. The maximum Gasteiger partial charge on any atom is 0.338 e. The minimum Gasteiger partial charge on any atom is -0.462 e. The van der Waals surface area contributed by atoms with Crippen LogP contribution in [-0.4, -0.2) is 18.5 Å². The van der Waals surface area contributed by atoms with Gasteiger partial charge in [-0.05, 0) is 61.7 Å². The van der Waals surface area contributed by atoms with E-state index in [1.165, 1.54) is 6.07 Å². The van der Waals surface area contributed by atoms with Gasteiger partial charge in [-0.2, -0.15) is 0 Å². The van der Waals surface area contributed by atoms with Crippen LogP contribution < -0.4 is 10.7 Å². The van der Waals surface area contributed by atoms with Gasteiger partial charge in [0.1, 0.15) is 5.58 Å². The number of anilines is 1. The third-order valence-corrected chi connectivity index (χ3v) is 4.49. The van der Waals surface area contributed by atoms with E-state index in [-0.39, 0.29) is 11.2 Å². The highest BCUT2D eigenvalue weighted by Gasteiger charge is 2.15. The Morgan fingerprint density at radius 3 is 2.48 bits per heavy atom. The Kier molecular flexibility index (Phi) is 6.12. The van der Waals surface area contributed by atoms with Crippen molar-refractivity contribution in [2.45, 2.75) is 33.6 Å². The lowest BCUT2D eigenvalue weighted by Crippen LogP contribution is -2.15. The number of hydrogen-bond acceptors (Lipinski definition) is 5. The van der Waals surface area contributed by atoms with E-state index in [4.69, 9.17) is 9.15 Å². The molecule has 0 aliphatic rings. The van der Waals surface area contributed by atoms with Gasteiger partial charge >= 0.3 is 5.97 Å². The first-order chi connectivity index (χ1) is 13.9. The molecule has 0 saturated heterocycles. The summed E-state index contributed by atoms with van der Waals surface area (Å²) < 4.78 is 10.8. The quantitative estimate of drug-likeness (QED) is 0.488. The monoisotopic (exact) mass is 393 g/mol. The summed E-state index contributed by atoms with van der Waals surface area (Å²) in [6.45, 7) is 6.13. The number of fused-ring (bicyclic) bond motifs is 1. The molecule has 0 spiro atoms. The normalized spacial score (nSPS) is 10.7. The zero-order valence-corrected chi connectivity index (χ0v) is 16.7. The van der Waals surface area contributed by atoms with Gasteiger partial charge in [0.15, 0.2) is 11.2 Å². The van der Waals surface area contributed by atoms with Crippen LogP contribution in [0.25, 0.3) is 11.0 Å². The van der Waals surface area contributed by atoms with E-state index in [0.717, 1.165) is 24.0 Å². The molecule has 3 rings (SSSR count). The van der Waals surface area contributed by atoms with Gasteiger partial charge < -0.3 is 14.5 Å². The van der Waals surface area contributed by atoms with Crippen LogP contribution in [0.15, 0.2) is 51.7 Å². The van der Waals surface area contributed by atoms with Gasteiger partial charge in [0, 0.05) is 11.8 Å². The zero-order chi connectivity index (χ0) is 21.0. The molecule has 29 heavy (non-hydrogen) atoms. The van der Waals surface area contributed by atoms with E-state index in [1.807, 2.05) is 26.8 Å². The van der Waals surface area contributed by atoms with Crippen molar-refractivity contribution >= 4 is 28.5 Å². The number of amides is 1. The van der Waals surface area contributed by atoms with Crippen LogP contribution in [0.1, 0.15) is 51.8 Å². The van der Waals surface area contributed by atoms with Crippen molar-refractivity contribution < 1.29 is 18.7 Å². The van der Waals surface area contributed by atoms with Gasteiger partial charge in [0.05, 0.1) is 17.6 Å². The second-order valence-electron chi connectivity index (χ2n) is 6.95. The van der Waals surface area contributed by atoms with Crippen LogP contribution in [0.4, 0.5) is 5.69 Å². The van der Waals surface area contributed by atoms with Gasteiger partial charge in [0.25, 0.3) is 5.91 Å². The molecule has 0 aliphatic carbocycles. The summed E-state index contributed by atoms with van der Waals surface area (Å²) in [6, 6.07) is 11.2. The standard InChI is InChI=1S/C23H23NO5/c1-4-5-10-28-23(27)16-6-8-17(9-7-16)24-22(26)20-13-19(25)18-12-14(2)11-15(3)21(18)29-20/h6-9,11-13H,4-5,10H2,1-3H3,(H,24,26). The third kappa shape index (κ3) is 4.71. The van der Waals surface area contributed by atoms with Crippen LogP contribution in [0.2, 0.25) is 0 Å². The fourth-order valence-electron chi connectivity index (χ4n) is 3.00. The van der Waals surface area contributed by atoms with Crippen LogP contribution in [-0.2, 0) is 4.74 Å². The zero-order valence-electron chi connectivity index (χ0n) is 16.7. The molecule has 1 N–H and O–H groups in total. The van der Waals surface area contributed by atoms with E-state index in [1.54, 1.807) is 30.3 Å². The van der Waals surface area contributed by atoms with Gasteiger partial charge in [-0.25, -0.2) is 4.79 Å². The van der Waals surface area contributed by atoms with Crippen molar-refractivity contribution in [2.75, 3.05) is 11.9 Å². The first kappa shape index (κ1) is 20.3. The Morgan fingerprint density at radius 1 is 1.07 bits per heavy atom. The maximum absolute atomic E-state index is 12.5. The van der Waals surface area contributed by atoms with E-state index >= 15 is 0 Å². The smallest absolute Gasteiger partial charge is 0.338 e. The minimum absolute atomic E-state index is 0.0718. The number of hydrogen-bond donors (Lipinski definition) is 1. The largest absolute Gasteiger partial charge is 0.462 e. The maximum atomic E-state index is 12.5. The van der Waals surface area contributed by atoms with Crippen molar-refractivity contribution in [3.05, 3.63) is 75.1 Å². The second-order valence-corrected chi connectivity index (χ2v) is 6.95. The second kappa shape index (κ2) is 8.73. The lowest BCUT2D eigenvalue weighted by Gasteiger charge is -2.08. The van der Waals surface area contributed by atoms with Crippen LogP contribution in [0.5, 0.6) is 0 Å². The molecule has 6 heteroatoms. The summed E-state index contributed by atoms with van der Waals surface area (Å²) in [5.74, 6) is -1.01. The number of carbonyl (C=O) groups excluding carboxylic acids is 2. The van der Waals surface area contributed by atoms with E-state index in [9.17, 15) is 14.4 Å². The number of unbranched alkanes of at least 4 members (excludes halogenated alkanes) is 1. The molecule has 0 bridgehead atoms. The summed E-state index contributed by atoms with van der Waals surface area (Å²) in [7, 11) is 0. The molecule has 0 saturated carbocycles.